The highest BCUT2D eigenvalue weighted by atomic mass is 16.2. The highest BCUT2D eigenvalue weighted by Gasteiger charge is 2.40. The molecule has 4 nitrogen and oxygen atoms in total. The number of hydrogen-bond donors (Lipinski definition) is 0. The van der Waals surface area contributed by atoms with E-state index in [4.69, 9.17) is 0 Å². The molecule has 2 aliphatic rings. The molecule has 4 rings (SSSR count). The van der Waals surface area contributed by atoms with Crippen LogP contribution in [-0.4, -0.2) is 24.8 Å². The number of benzene rings is 2. The maximum Gasteiger partial charge on any atom is 0.232 e. The Morgan fingerprint density at radius 3 is 2.35 bits per heavy atom. The zero-order valence-corrected chi connectivity index (χ0v) is 19.1. The molecule has 0 saturated carbocycles. The van der Waals surface area contributed by atoms with Crippen LogP contribution in [0.2, 0.25) is 0 Å². The summed E-state index contributed by atoms with van der Waals surface area (Å²) in [6.45, 7) is 10.3. The summed E-state index contributed by atoms with van der Waals surface area (Å²) in [6.07, 6.45) is 2.48. The van der Waals surface area contributed by atoms with E-state index >= 15 is 0 Å². The molecule has 0 saturated heterocycles. The Hall–Kier alpha value is -2.88. The Balaban J connectivity index is 1.79. The number of rotatable bonds is 5. The zero-order chi connectivity index (χ0) is 22.1. The van der Waals surface area contributed by atoms with Crippen molar-refractivity contribution in [2.45, 2.75) is 59.3 Å². The van der Waals surface area contributed by atoms with Gasteiger partial charge in [-0.15, -0.1) is 0 Å². The van der Waals surface area contributed by atoms with Gasteiger partial charge in [0.25, 0.3) is 0 Å². The van der Waals surface area contributed by atoms with E-state index in [0.29, 0.717) is 12.8 Å². The molecule has 31 heavy (non-hydrogen) atoms. The van der Waals surface area contributed by atoms with Crippen molar-refractivity contribution in [2.75, 3.05) is 22.9 Å². The van der Waals surface area contributed by atoms with E-state index in [9.17, 15) is 9.59 Å². The molecule has 1 aliphatic carbocycles. The molecule has 4 heteroatoms. The molecule has 0 N–H and O–H groups in total. The lowest BCUT2D eigenvalue weighted by Gasteiger charge is -2.39. The number of carbonyl (C=O) groups excluding carboxylic acids is 2. The van der Waals surface area contributed by atoms with Crippen molar-refractivity contribution in [3.8, 4) is 0 Å². The van der Waals surface area contributed by atoms with Gasteiger partial charge in [-0.2, -0.15) is 0 Å². The Kier molecular flexibility index (Phi) is 5.99. The van der Waals surface area contributed by atoms with Gasteiger partial charge in [-0.1, -0.05) is 24.3 Å². The lowest BCUT2D eigenvalue weighted by molar-refractivity contribution is -0.119. The van der Waals surface area contributed by atoms with Crippen molar-refractivity contribution in [3.05, 3.63) is 70.4 Å². The van der Waals surface area contributed by atoms with Crippen molar-refractivity contribution >= 4 is 23.1 Å². The average molecular weight is 417 g/mol. The third-order valence-electron chi connectivity index (χ3n) is 6.70. The maximum absolute atomic E-state index is 13.4. The Bertz CT molecular complexity index is 1030. The quantitative estimate of drug-likeness (QED) is 0.630. The lowest BCUT2D eigenvalue weighted by atomic mass is 9.77. The molecule has 1 unspecified atom stereocenters. The summed E-state index contributed by atoms with van der Waals surface area (Å²) in [4.78, 5) is 30.7. The van der Waals surface area contributed by atoms with E-state index in [-0.39, 0.29) is 17.6 Å². The molecule has 2 aromatic rings. The van der Waals surface area contributed by atoms with Crippen LogP contribution in [0.5, 0.6) is 0 Å². The van der Waals surface area contributed by atoms with E-state index in [1.807, 2.05) is 18.7 Å². The first kappa shape index (κ1) is 21.4. The highest BCUT2D eigenvalue weighted by Crippen LogP contribution is 2.44. The number of anilines is 2. The van der Waals surface area contributed by atoms with Gasteiger partial charge in [-0.05, 0) is 75.4 Å². The van der Waals surface area contributed by atoms with Crippen LogP contribution < -0.4 is 9.80 Å². The number of ketones is 1. The molecular weight excluding hydrogens is 384 g/mol. The number of amides is 1. The average Bonchev–Trinajstić information content (AvgIpc) is 2.77. The predicted octanol–water partition coefficient (Wildman–Crippen LogP) is 5.68. The fraction of sp³-hybridized carbons (Fsp3) is 0.407. The number of aryl methyl sites for hydroxylation is 2. The third-order valence-corrected chi connectivity index (χ3v) is 6.70. The second-order valence-electron chi connectivity index (χ2n) is 8.68. The zero-order valence-electron chi connectivity index (χ0n) is 19.1. The largest absolute Gasteiger partial charge is 0.372 e. The minimum absolute atomic E-state index is 0.0833. The van der Waals surface area contributed by atoms with Gasteiger partial charge in [0.2, 0.25) is 5.91 Å². The monoisotopic (exact) mass is 416 g/mol. The van der Waals surface area contributed by atoms with Gasteiger partial charge in [0.15, 0.2) is 5.78 Å². The van der Waals surface area contributed by atoms with Gasteiger partial charge in [0, 0.05) is 48.8 Å². The van der Waals surface area contributed by atoms with Crippen molar-refractivity contribution in [3.63, 3.8) is 0 Å². The first-order valence-corrected chi connectivity index (χ1v) is 11.5. The van der Waals surface area contributed by atoms with Crippen LogP contribution in [0, 0.1) is 13.8 Å². The van der Waals surface area contributed by atoms with Crippen molar-refractivity contribution < 1.29 is 9.59 Å². The fourth-order valence-electron chi connectivity index (χ4n) is 5.02. The van der Waals surface area contributed by atoms with Crippen LogP contribution in [0.1, 0.15) is 62.1 Å². The van der Waals surface area contributed by atoms with Crippen LogP contribution in [0.25, 0.3) is 0 Å². The van der Waals surface area contributed by atoms with E-state index < -0.39 is 0 Å². The van der Waals surface area contributed by atoms with Gasteiger partial charge >= 0.3 is 0 Å². The Morgan fingerprint density at radius 1 is 0.968 bits per heavy atom. The predicted molar refractivity (Wildman–Crippen MR) is 127 cm³/mol. The SMILES string of the molecule is CCN(CC)c1ccc(C2CC(=O)N(c3cc(C)ccc3C)C3=C2C(=O)CCC3)cc1. The van der Waals surface area contributed by atoms with E-state index in [2.05, 4.69) is 61.2 Å². The number of hydrogen-bond acceptors (Lipinski definition) is 3. The molecule has 0 radical (unpaired) electrons. The molecular formula is C27H32N2O2. The van der Waals surface area contributed by atoms with E-state index in [0.717, 1.165) is 59.6 Å². The summed E-state index contributed by atoms with van der Waals surface area (Å²) < 4.78 is 0. The number of Topliss-reactive ketones (excluding diaryl/α,β-unsaturated/α-hetero) is 1. The molecule has 0 aromatic heterocycles. The number of nitrogens with zero attached hydrogens (tertiary/aromatic N) is 2. The van der Waals surface area contributed by atoms with Gasteiger partial charge in [0.1, 0.15) is 0 Å². The van der Waals surface area contributed by atoms with Crippen LogP contribution >= 0.6 is 0 Å². The maximum atomic E-state index is 13.4. The molecule has 1 heterocycles. The minimum atomic E-state index is -0.151. The molecule has 1 aliphatic heterocycles. The molecule has 0 spiro atoms. The first-order valence-electron chi connectivity index (χ1n) is 11.5. The van der Waals surface area contributed by atoms with Crippen LogP contribution in [-0.2, 0) is 9.59 Å². The van der Waals surface area contributed by atoms with E-state index in [1.165, 1.54) is 5.69 Å². The second kappa shape index (κ2) is 8.70. The highest BCUT2D eigenvalue weighted by molar-refractivity contribution is 6.07. The normalized spacial score (nSPS) is 19.0. The van der Waals surface area contributed by atoms with Gasteiger partial charge in [0.05, 0.1) is 5.69 Å². The topological polar surface area (TPSA) is 40.6 Å². The smallest absolute Gasteiger partial charge is 0.232 e. The summed E-state index contributed by atoms with van der Waals surface area (Å²) in [5.41, 5.74) is 7.10. The van der Waals surface area contributed by atoms with Crippen LogP contribution in [0.15, 0.2) is 53.7 Å². The first-order chi connectivity index (χ1) is 14.9. The number of carbonyl (C=O) groups is 2. The summed E-state index contributed by atoms with van der Waals surface area (Å²) in [5, 5.41) is 0. The van der Waals surface area contributed by atoms with Crippen LogP contribution in [0.3, 0.4) is 0 Å². The second-order valence-corrected chi connectivity index (χ2v) is 8.68. The van der Waals surface area contributed by atoms with E-state index in [1.54, 1.807) is 0 Å². The van der Waals surface area contributed by atoms with Crippen molar-refractivity contribution in [1.82, 2.24) is 0 Å². The Labute approximate surface area is 185 Å². The standard InChI is InChI=1S/C27H32N2O2/c1-5-28(6-2)21-14-12-20(13-15-21)22-17-26(31)29(23-8-7-9-25(30)27(22)23)24-16-18(3)10-11-19(24)4/h10-16,22H,5-9,17H2,1-4H3. The Morgan fingerprint density at radius 2 is 1.68 bits per heavy atom. The van der Waals surface area contributed by atoms with Gasteiger partial charge in [-0.25, -0.2) is 0 Å². The van der Waals surface area contributed by atoms with Crippen molar-refractivity contribution in [2.24, 2.45) is 0 Å². The molecule has 1 amide bonds. The molecule has 0 fully saturated rings. The molecule has 2 aromatic carbocycles. The summed E-state index contributed by atoms with van der Waals surface area (Å²) >= 11 is 0. The van der Waals surface area contributed by atoms with Gasteiger partial charge < -0.3 is 4.90 Å². The molecule has 0 bridgehead atoms. The lowest BCUT2D eigenvalue weighted by Crippen LogP contribution is -2.41. The number of allylic oxidation sites excluding steroid dienone is 2. The molecule has 1 atom stereocenters. The van der Waals surface area contributed by atoms with Crippen molar-refractivity contribution in [1.29, 1.82) is 0 Å². The summed E-state index contributed by atoms with van der Waals surface area (Å²) in [7, 11) is 0. The molecule has 162 valence electrons. The summed E-state index contributed by atoms with van der Waals surface area (Å²) in [6, 6.07) is 14.6. The fourth-order valence-corrected chi connectivity index (χ4v) is 5.02. The van der Waals surface area contributed by atoms with Crippen LogP contribution in [0.4, 0.5) is 11.4 Å². The third kappa shape index (κ3) is 3.91. The summed E-state index contributed by atoms with van der Waals surface area (Å²) in [5.74, 6) is 0.129. The minimum Gasteiger partial charge on any atom is -0.372 e. The van der Waals surface area contributed by atoms with Gasteiger partial charge in [-0.3, -0.25) is 14.5 Å².